The maximum Gasteiger partial charge on any atom is 0.0700 e. The summed E-state index contributed by atoms with van der Waals surface area (Å²) in [6.45, 7) is 7.64. The Hall–Kier alpha value is -0.420. The first-order valence-electron chi connectivity index (χ1n) is 6.60. The van der Waals surface area contributed by atoms with Crippen molar-refractivity contribution in [1.82, 2.24) is 5.32 Å². The normalized spacial score (nSPS) is 12.8. The fraction of sp³-hybridized carbons (Fsp3) is 0.714. The van der Waals surface area contributed by atoms with Crippen LogP contribution in [-0.2, 0) is 9.47 Å². The zero-order chi connectivity index (χ0) is 13.2. The van der Waals surface area contributed by atoms with Crippen molar-refractivity contribution in [3.8, 4) is 0 Å². The van der Waals surface area contributed by atoms with E-state index in [2.05, 4.69) is 31.3 Å². The molecule has 4 heteroatoms. The smallest absolute Gasteiger partial charge is 0.0700 e. The molecule has 0 aliphatic carbocycles. The molecule has 18 heavy (non-hydrogen) atoms. The quantitative estimate of drug-likeness (QED) is 0.663. The lowest BCUT2D eigenvalue weighted by Crippen LogP contribution is -2.19. The van der Waals surface area contributed by atoms with Gasteiger partial charge < -0.3 is 14.8 Å². The fourth-order valence-corrected chi connectivity index (χ4v) is 2.58. The highest BCUT2D eigenvalue weighted by Gasteiger charge is 2.05. The Balaban J connectivity index is 1.97. The summed E-state index contributed by atoms with van der Waals surface area (Å²) in [5.74, 6) is 0. The molecule has 0 aromatic carbocycles. The molecule has 0 amide bonds. The lowest BCUT2D eigenvalue weighted by atomic mass is 10.2. The number of hydrogen-bond acceptors (Lipinski definition) is 4. The van der Waals surface area contributed by atoms with Crippen molar-refractivity contribution in [3.63, 3.8) is 0 Å². The highest BCUT2D eigenvalue weighted by Crippen LogP contribution is 2.22. The van der Waals surface area contributed by atoms with Crippen LogP contribution in [0.4, 0.5) is 0 Å². The molecule has 0 radical (unpaired) electrons. The average Bonchev–Trinajstić information content (AvgIpc) is 2.79. The van der Waals surface area contributed by atoms with E-state index in [9.17, 15) is 0 Å². The molecule has 1 aromatic heterocycles. The Kier molecular flexibility index (Phi) is 8.25. The maximum absolute atomic E-state index is 5.42. The van der Waals surface area contributed by atoms with Gasteiger partial charge in [0.2, 0.25) is 0 Å². The molecular formula is C14H25NO2S. The van der Waals surface area contributed by atoms with E-state index < -0.39 is 0 Å². The monoisotopic (exact) mass is 271 g/mol. The van der Waals surface area contributed by atoms with Gasteiger partial charge in [-0.2, -0.15) is 0 Å². The van der Waals surface area contributed by atoms with Crippen LogP contribution < -0.4 is 5.32 Å². The molecular weight excluding hydrogens is 246 g/mol. The number of thiophene rings is 1. The lowest BCUT2D eigenvalue weighted by Gasteiger charge is -2.11. The first-order valence-corrected chi connectivity index (χ1v) is 7.42. The molecule has 104 valence electrons. The van der Waals surface area contributed by atoms with Gasteiger partial charge in [0.15, 0.2) is 0 Å². The van der Waals surface area contributed by atoms with E-state index in [1.165, 1.54) is 9.75 Å². The Morgan fingerprint density at radius 1 is 1.22 bits per heavy atom. The van der Waals surface area contributed by atoms with Crippen LogP contribution in [-0.4, -0.2) is 33.5 Å². The van der Waals surface area contributed by atoms with Gasteiger partial charge in [0.1, 0.15) is 0 Å². The van der Waals surface area contributed by atoms with Crippen LogP contribution in [0.15, 0.2) is 12.1 Å². The number of aryl methyl sites for hydroxylation is 1. The molecule has 0 aliphatic heterocycles. The zero-order valence-corrected chi connectivity index (χ0v) is 12.5. The zero-order valence-electron chi connectivity index (χ0n) is 11.7. The number of methoxy groups -OCH3 is 1. The Morgan fingerprint density at radius 2 is 2.06 bits per heavy atom. The van der Waals surface area contributed by atoms with Crippen molar-refractivity contribution in [2.24, 2.45) is 0 Å². The second-order valence-corrected chi connectivity index (χ2v) is 5.76. The summed E-state index contributed by atoms with van der Waals surface area (Å²) in [6, 6.07) is 4.85. The van der Waals surface area contributed by atoms with Crippen LogP contribution >= 0.6 is 11.3 Å². The van der Waals surface area contributed by atoms with Gasteiger partial charge in [-0.1, -0.05) is 0 Å². The molecule has 1 unspecified atom stereocenters. The van der Waals surface area contributed by atoms with Gasteiger partial charge in [-0.25, -0.2) is 0 Å². The predicted octanol–water partition coefficient (Wildman–Crippen LogP) is 3.15. The SMILES string of the molecule is COCCOCCCCNC(C)c1ccc(C)s1. The van der Waals surface area contributed by atoms with E-state index >= 15 is 0 Å². The summed E-state index contributed by atoms with van der Waals surface area (Å²) in [5, 5.41) is 3.54. The summed E-state index contributed by atoms with van der Waals surface area (Å²) in [5.41, 5.74) is 0. The molecule has 1 heterocycles. The van der Waals surface area contributed by atoms with Crippen LogP contribution in [0.1, 0.15) is 35.6 Å². The summed E-state index contributed by atoms with van der Waals surface area (Å²) in [4.78, 5) is 2.80. The maximum atomic E-state index is 5.42. The van der Waals surface area contributed by atoms with Gasteiger partial charge in [-0.05, 0) is 45.4 Å². The Bertz CT molecular complexity index is 314. The van der Waals surface area contributed by atoms with Crippen molar-refractivity contribution >= 4 is 11.3 Å². The summed E-state index contributed by atoms with van der Waals surface area (Å²) >= 11 is 1.87. The van der Waals surface area contributed by atoms with Gasteiger partial charge in [-0.15, -0.1) is 11.3 Å². The third kappa shape index (κ3) is 6.50. The first kappa shape index (κ1) is 15.6. The third-order valence-electron chi connectivity index (χ3n) is 2.79. The lowest BCUT2D eigenvalue weighted by molar-refractivity contribution is 0.0687. The first-order chi connectivity index (χ1) is 8.74. The summed E-state index contributed by atoms with van der Waals surface area (Å²) in [6.07, 6.45) is 2.26. The van der Waals surface area contributed by atoms with Crippen LogP contribution in [0.25, 0.3) is 0 Å². The molecule has 1 N–H and O–H groups in total. The minimum Gasteiger partial charge on any atom is -0.382 e. The topological polar surface area (TPSA) is 30.5 Å². The van der Waals surface area contributed by atoms with Crippen molar-refractivity contribution in [2.45, 2.75) is 32.7 Å². The van der Waals surface area contributed by atoms with E-state index in [1.54, 1.807) is 7.11 Å². The van der Waals surface area contributed by atoms with E-state index in [4.69, 9.17) is 9.47 Å². The predicted molar refractivity (Wildman–Crippen MR) is 77.4 cm³/mol. The highest BCUT2D eigenvalue weighted by atomic mass is 32.1. The van der Waals surface area contributed by atoms with Crippen LogP contribution in [0.5, 0.6) is 0 Å². The van der Waals surface area contributed by atoms with Gasteiger partial charge in [0, 0.05) is 29.5 Å². The molecule has 3 nitrogen and oxygen atoms in total. The molecule has 0 saturated carbocycles. The van der Waals surface area contributed by atoms with Crippen molar-refractivity contribution < 1.29 is 9.47 Å². The standard InChI is InChI=1S/C14H25NO2S/c1-12-6-7-14(18-12)13(2)15-8-4-5-9-17-11-10-16-3/h6-7,13,15H,4-5,8-11H2,1-3H3. The summed E-state index contributed by atoms with van der Waals surface area (Å²) in [7, 11) is 1.70. The van der Waals surface area contributed by atoms with Crippen LogP contribution in [0, 0.1) is 6.92 Å². The van der Waals surface area contributed by atoms with E-state index in [-0.39, 0.29) is 0 Å². The minimum atomic E-state index is 0.457. The summed E-state index contributed by atoms with van der Waals surface area (Å²) < 4.78 is 10.3. The van der Waals surface area contributed by atoms with E-state index in [1.807, 2.05) is 11.3 Å². The Morgan fingerprint density at radius 3 is 2.72 bits per heavy atom. The minimum absolute atomic E-state index is 0.457. The van der Waals surface area contributed by atoms with Crippen molar-refractivity contribution in [2.75, 3.05) is 33.5 Å². The largest absolute Gasteiger partial charge is 0.382 e. The van der Waals surface area contributed by atoms with E-state index in [0.29, 0.717) is 19.3 Å². The number of nitrogens with one attached hydrogen (secondary N) is 1. The fourth-order valence-electron chi connectivity index (χ4n) is 1.68. The van der Waals surface area contributed by atoms with Crippen LogP contribution in [0.3, 0.4) is 0 Å². The third-order valence-corrected chi connectivity index (χ3v) is 3.97. The second kappa shape index (κ2) is 9.50. The van der Waals surface area contributed by atoms with Gasteiger partial charge in [0.05, 0.1) is 13.2 Å². The number of hydrogen-bond donors (Lipinski definition) is 1. The molecule has 0 aliphatic rings. The molecule has 0 bridgehead atoms. The molecule has 1 rings (SSSR count). The van der Waals surface area contributed by atoms with Gasteiger partial charge in [0.25, 0.3) is 0 Å². The van der Waals surface area contributed by atoms with Gasteiger partial charge >= 0.3 is 0 Å². The van der Waals surface area contributed by atoms with Gasteiger partial charge in [-0.3, -0.25) is 0 Å². The number of rotatable bonds is 10. The molecule has 1 atom stereocenters. The molecule has 1 aromatic rings. The van der Waals surface area contributed by atoms with E-state index in [0.717, 1.165) is 26.0 Å². The van der Waals surface area contributed by atoms with Crippen LogP contribution in [0.2, 0.25) is 0 Å². The van der Waals surface area contributed by atoms with Crippen molar-refractivity contribution in [3.05, 3.63) is 21.9 Å². The molecule has 0 fully saturated rings. The molecule has 0 saturated heterocycles. The number of unbranched alkanes of at least 4 members (excludes halogenated alkanes) is 1. The average molecular weight is 271 g/mol. The highest BCUT2D eigenvalue weighted by molar-refractivity contribution is 7.12. The Labute approximate surface area is 114 Å². The number of ether oxygens (including phenoxy) is 2. The molecule has 0 spiro atoms. The second-order valence-electron chi connectivity index (χ2n) is 4.44. The van der Waals surface area contributed by atoms with Crippen molar-refractivity contribution in [1.29, 1.82) is 0 Å².